The summed E-state index contributed by atoms with van der Waals surface area (Å²) in [4.78, 5) is 16.1. The van der Waals surface area contributed by atoms with E-state index in [1.54, 1.807) is 0 Å². The average molecular weight is 455 g/mol. The van der Waals surface area contributed by atoms with E-state index in [0.29, 0.717) is 21.9 Å². The SMILES string of the molecule is CC(=S)Nc1cccc(Nc2ncnc(N3CCC(Oc4ccc(Cl)cc4)CC3)n2)c1. The lowest BCUT2D eigenvalue weighted by molar-refractivity contribution is 0.170. The summed E-state index contributed by atoms with van der Waals surface area (Å²) in [5.74, 6) is 2.00. The molecule has 3 aromatic rings. The molecular formula is C22H23ClN6OS. The molecule has 1 fully saturated rings. The molecule has 0 bridgehead atoms. The molecule has 1 aliphatic rings. The van der Waals surface area contributed by atoms with Gasteiger partial charge in [0.05, 0.1) is 4.99 Å². The van der Waals surface area contributed by atoms with E-state index in [1.807, 2.05) is 55.5 Å². The Labute approximate surface area is 191 Å². The van der Waals surface area contributed by atoms with Crippen molar-refractivity contribution >= 4 is 52.1 Å². The first-order chi connectivity index (χ1) is 15.0. The first-order valence-electron chi connectivity index (χ1n) is 10.1. The van der Waals surface area contributed by atoms with Crippen LogP contribution in [0.5, 0.6) is 5.75 Å². The van der Waals surface area contributed by atoms with Crippen LogP contribution in [-0.4, -0.2) is 39.1 Å². The van der Waals surface area contributed by atoms with E-state index >= 15 is 0 Å². The molecule has 0 spiro atoms. The lowest BCUT2D eigenvalue weighted by Gasteiger charge is -2.32. The summed E-state index contributed by atoms with van der Waals surface area (Å²) in [5, 5.41) is 7.07. The molecule has 2 aromatic carbocycles. The normalized spacial score (nSPS) is 14.2. The van der Waals surface area contributed by atoms with E-state index in [2.05, 4.69) is 30.5 Å². The van der Waals surface area contributed by atoms with Crippen molar-refractivity contribution in [3.8, 4) is 5.75 Å². The van der Waals surface area contributed by atoms with Crippen molar-refractivity contribution in [2.45, 2.75) is 25.9 Å². The fourth-order valence-electron chi connectivity index (χ4n) is 3.39. The maximum Gasteiger partial charge on any atom is 0.231 e. The summed E-state index contributed by atoms with van der Waals surface area (Å²) >= 11 is 11.0. The number of thiocarbonyl (C=S) groups is 1. The van der Waals surface area contributed by atoms with Crippen molar-refractivity contribution in [1.29, 1.82) is 0 Å². The molecule has 160 valence electrons. The minimum atomic E-state index is 0.164. The van der Waals surface area contributed by atoms with Crippen molar-refractivity contribution in [2.24, 2.45) is 0 Å². The minimum absolute atomic E-state index is 0.164. The highest BCUT2D eigenvalue weighted by Crippen LogP contribution is 2.24. The number of halogens is 1. The van der Waals surface area contributed by atoms with Crippen LogP contribution in [0.2, 0.25) is 5.02 Å². The third-order valence-electron chi connectivity index (χ3n) is 4.84. The Morgan fingerprint density at radius 3 is 2.58 bits per heavy atom. The highest BCUT2D eigenvalue weighted by Gasteiger charge is 2.22. The van der Waals surface area contributed by atoms with Gasteiger partial charge in [-0.15, -0.1) is 0 Å². The van der Waals surface area contributed by atoms with E-state index in [-0.39, 0.29) is 6.10 Å². The first kappa shape index (κ1) is 21.3. The van der Waals surface area contributed by atoms with Crippen LogP contribution in [0.15, 0.2) is 54.9 Å². The van der Waals surface area contributed by atoms with Gasteiger partial charge in [-0.25, -0.2) is 9.97 Å². The zero-order valence-corrected chi connectivity index (χ0v) is 18.7. The second-order valence-corrected chi connectivity index (χ2v) is 8.30. The molecule has 0 radical (unpaired) electrons. The molecule has 7 nitrogen and oxygen atoms in total. The summed E-state index contributed by atoms with van der Waals surface area (Å²) in [6.45, 7) is 3.47. The van der Waals surface area contributed by atoms with Crippen molar-refractivity contribution in [2.75, 3.05) is 28.6 Å². The molecule has 0 amide bonds. The lowest BCUT2D eigenvalue weighted by Crippen LogP contribution is -2.39. The largest absolute Gasteiger partial charge is 0.490 e. The van der Waals surface area contributed by atoms with Gasteiger partial charge in [-0.05, 0) is 49.4 Å². The van der Waals surface area contributed by atoms with Gasteiger partial charge in [-0.1, -0.05) is 29.9 Å². The zero-order valence-electron chi connectivity index (χ0n) is 17.1. The van der Waals surface area contributed by atoms with Crippen LogP contribution in [0.4, 0.5) is 23.3 Å². The molecule has 1 aliphatic heterocycles. The number of hydrogen-bond acceptors (Lipinski definition) is 7. The van der Waals surface area contributed by atoms with Crippen LogP contribution in [0, 0.1) is 0 Å². The van der Waals surface area contributed by atoms with Crippen molar-refractivity contribution in [3.05, 3.63) is 59.9 Å². The molecule has 31 heavy (non-hydrogen) atoms. The number of aromatic nitrogens is 3. The van der Waals surface area contributed by atoms with Crippen LogP contribution >= 0.6 is 23.8 Å². The van der Waals surface area contributed by atoms with Gasteiger partial charge in [0.25, 0.3) is 0 Å². The van der Waals surface area contributed by atoms with Gasteiger partial charge >= 0.3 is 0 Å². The number of ether oxygens (including phenoxy) is 1. The van der Waals surface area contributed by atoms with Crippen LogP contribution in [0.3, 0.4) is 0 Å². The van der Waals surface area contributed by atoms with E-state index in [4.69, 9.17) is 28.6 Å². The van der Waals surface area contributed by atoms with Gasteiger partial charge in [-0.2, -0.15) is 4.98 Å². The number of nitrogens with one attached hydrogen (secondary N) is 2. The monoisotopic (exact) mass is 454 g/mol. The third-order valence-corrected chi connectivity index (χ3v) is 5.19. The van der Waals surface area contributed by atoms with Crippen LogP contribution < -0.4 is 20.3 Å². The van der Waals surface area contributed by atoms with E-state index in [1.165, 1.54) is 6.33 Å². The van der Waals surface area contributed by atoms with Gasteiger partial charge in [0.2, 0.25) is 11.9 Å². The van der Waals surface area contributed by atoms with Gasteiger partial charge in [0.1, 0.15) is 18.2 Å². The number of piperidine rings is 1. The number of nitrogens with zero attached hydrogens (tertiary/aromatic N) is 4. The molecule has 1 aromatic heterocycles. The Hall–Kier alpha value is -2.97. The molecule has 2 heterocycles. The molecule has 9 heteroatoms. The molecule has 0 unspecified atom stereocenters. The summed E-state index contributed by atoms with van der Waals surface area (Å²) in [6, 6.07) is 15.3. The zero-order chi connectivity index (χ0) is 21.6. The van der Waals surface area contributed by atoms with Gasteiger partial charge in [-0.3, -0.25) is 0 Å². The number of rotatable bonds is 6. The van der Waals surface area contributed by atoms with Crippen molar-refractivity contribution in [3.63, 3.8) is 0 Å². The number of benzene rings is 2. The lowest BCUT2D eigenvalue weighted by atomic mass is 10.1. The molecular weight excluding hydrogens is 432 g/mol. The van der Waals surface area contributed by atoms with Crippen molar-refractivity contribution in [1.82, 2.24) is 15.0 Å². The first-order valence-corrected chi connectivity index (χ1v) is 10.8. The predicted molar refractivity (Wildman–Crippen MR) is 129 cm³/mol. The van der Waals surface area contributed by atoms with Crippen LogP contribution in [0.1, 0.15) is 19.8 Å². The summed E-state index contributed by atoms with van der Waals surface area (Å²) in [5.41, 5.74) is 1.78. The minimum Gasteiger partial charge on any atom is -0.490 e. The molecule has 0 atom stereocenters. The Bertz CT molecular complexity index is 1040. The molecule has 4 rings (SSSR count). The van der Waals surface area contributed by atoms with Gasteiger partial charge in [0, 0.05) is 42.3 Å². The maximum absolute atomic E-state index is 6.07. The Balaban J connectivity index is 1.35. The Morgan fingerprint density at radius 2 is 1.84 bits per heavy atom. The van der Waals surface area contributed by atoms with E-state index in [9.17, 15) is 0 Å². The number of hydrogen-bond donors (Lipinski definition) is 2. The summed E-state index contributed by atoms with van der Waals surface area (Å²) in [6.07, 6.45) is 3.48. The van der Waals surface area contributed by atoms with Gasteiger partial charge < -0.3 is 20.3 Å². The topological polar surface area (TPSA) is 75.2 Å². The van der Waals surface area contributed by atoms with E-state index < -0.39 is 0 Å². The molecule has 1 saturated heterocycles. The third kappa shape index (κ3) is 6.02. The fourth-order valence-corrected chi connectivity index (χ4v) is 3.63. The maximum atomic E-state index is 6.07. The standard InChI is InChI=1S/C22H23ClN6OS/c1-15(31)26-17-3-2-4-18(13-17)27-21-24-14-25-22(28-21)29-11-9-20(10-12-29)30-19-7-5-16(23)6-8-19/h2-8,13-14,20H,9-12H2,1H3,(H,26,31)(H,24,25,27,28). The average Bonchev–Trinajstić information content (AvgIpc) is 2.76. The summed E-state index contributed by atoms with van der Waals surface area (Å²) < 4.78 is 6.07. The molecule has 0 saturated carbocycles. The van der Waals surface area contributed by atoms with E-state index in [0.717, 1.165) is 43.1 Å². The quantitative estimate of drug-likeness (QED) is 0.499. The highest BCUT2D eigenvalue weighted by atomic mass is 35.5. The fraction of sp³-hybridized carbons (Fsp3) is 0.273. The van der Waals surface area contributed by atoms with Crippen molar-refractivity contribution < 1.29 is 4.74 Å². The second-order valence-electron chi connectivity index (χ2n) is 7.25. The summed E-state index contributed by atoms with van der Waals surface area (Å²) in [7, 11) is 0. The molecule has 2 N–H and O–H groups in total. The second kappa shape index (κ2) is 9.89. The predicted octanol–water partition coefficient (Wildman–Crippen LogP) is 5.08. The van der Waals surface area contributed by atoms with Crippen LogP contribution in [-0.2, 0) is 0 Å². The Morgan fingerprint density at radius 1 is 1.10 bits per heavy atom. The Kier molecular flexibility index (Phi) is 6.79. The van der Waals surface area contributed by atoms with Gasteiger partial charge in [0.15, 0.2) is 0 Å². The number of anilines is 4. The highest BCUT2D eigenvalue weighted by molar-refractivity contribution is 7.80. The smallest absolute Gasteiger partial charge is 0.231 e. The molecule has 0 aliphatic carbocycles. The van der Waals surface area contributed by atoms with Crippen LogP contribution in [0.25, 0.3) is 0 Å².